The van der Waals surface area contributed by atoms with Gasteiger partial charge in [-0.3, -0.25) is 9.59 Å². The van der Waals surface area contributed by atoms with Gasteiger partial charge in [0.1, 0.15) is 41.0 Å². The first-order chi connectivity index (χ1) is 45.3. The third-order valence-electron chi connectivity index (χ3n) is 16.0. The van der Waals surface area contributed by atoms with Crippen LogP contribution in [0.25, 0.3) is 10.2 Å². The van der Waals surface area contributed by atoms with Gasteiger partial charge in [-0.05, 0) is 212 Å². The van der Waals surface area contributed by atoms with Gasteiger partial charge in [0.25, 0.3) is 0 Å². The lowest BCUT2D eigenvalue weighted by Crippen LogP contribution is -2.30. The van der Waals surface area contributed by atoms with Crippen LogP contribution in [0.4, 0.5) is 5.13 Å². The second kappa shape index (κ2) is 37.4. The lowest BCUT2D eigenvalue weighted by molar-refractivity contribution is -0.141. The number of benzene rings is 5. The molecule has 0 atom stereocenters. The zero-order chi connectivity index (χ0) is 65.6. The third-order valence-corrected chi connectivity index (χ3v) is 17.0. The Hall–Kier alpha value is -9.17. The predicted molar refractivity (Wildman–Crippen MR) is 353 cm³/mol. The summed E-state index contributed by atoms with van der Waals surface area (Å²) in [5, 5.41) is 7.42. The van der Waals surface area contributed by atoms with E-state index in [0.717, 1.165) is 99.4 Å². The van der Waals surface area contributed by atoms with E-state index in [9.17, 15) is 33.6 Å². The minimum Gasteiger partial charge on any atom is -0.494 e. The molecule has 0 saturated heterocycles. The van der Waals surface area contributed by atoms with Crippen LogP contribution in [0.1, 0.15) is 172 Å². The van der Waals surface area contributed by atoms with Crippen molar-refractivity contribution in [2.45, 2.75) is 148 Å². The maximum absolute atomic E-state index is 14.2. The number of thiazole rings is 1. The van der Waals surface area contributed by atoms with Crippen molar-refractivity contribution < 1.29 is 76.2 Å². The van der Waals surface area contributed by atoms with Crippen LogP contribution in [0.2, 0.25) is 0 Å². The molecule has 93 heavy (non-hydrogen) atoms. The van der Waals surface area contributed by atoms with Gasteiger partial charge in [0.15, 0.2) is 0 Å². The molecule has 19 nitrogen and oxygen atoms in total. The smallest absolute Gasteiger partial charge is 0.343 e. The number of fused-ring (bicyclic) bond motifs is 1. The fourth-order valence-corrected chi connectivity index (χ4v) is 11.6. The van der Waals surface area contributed by atoms with Gasteiger partial charge in [-0.15, -0.1) is 0 Å². The van der Waals surface area contributed by atoms with Crippen molar-refractivity contribution in [3.8, 4) is 28.7 Å². The Morgan fingerprint density at radius 1 is 0.516 bits per heavy atom. The number of anilines is 1. The Morgan fingerprint density at radius 2 is 0.989 bits per heavy atom. The molecule has 2 fully saturated rings. The molecule has 8 rings (SSSR count). The Labute approximate surface area is 547 Å². The van der Waals surface area contributed by atoms with Crippen molar-refractivity contribution in [3.63, 3.8) is 0 Å². The molecule has 0 aliphatic heterocycles. The molecule has 6 aromatic rings. The van der Waals surface area contributed by atoms with Gasteiger partial charge in [0.05, 0.1) is 71.4 Å². The molecule has 2 saturated carbocycles. The minimum absolute atomic E-state index is 0.143. The van der Waals surface area contributed by atoms with Gasteiger partial charge in [-0.1, -0.05) is 62.8 Å². The van der Waals surface area contributed by atoms with Crippen molar-refractivity contribution in [2.24, 2.45) is 16.9 Å². The third kappa shape index (κ3) is 22.9. The molecule has 0 amide bonds. The molecular weight excluding hydrogens is 1210 g/mol. The Kier molecular flexibility index (Phi) is 28.0. The number of carbonyl (C=O) groups excluding carboxylic acids is 7. The highest BCUT2D eigenvalue weighted by Gasteiger charge is 2.32. The average Bonchev–Trinajstić information content (AvgIpc) is 1.90. The van der Waals surface area contributed by atoms with E-state index in [1.165, 1.54) is 41.7 Å². The van der Waals surface area contributed by atoms with E-state index in [4.69, 9.17) is 52.7 Å². The first-order valence-corrected chi connectivity index (χ1v) is 33.2. The zero-order valence-electron chi connectivity index (χ0n) is 52.9. The van der Waals surface area contributed by atoms with Crippen molar-refractivity contribution in [2.75, 3.05) is 38.0 Å². The summed E-state index contributed by atoms with van der Waals surface area (Å²) in [6, 6.07) is 32.3. The number of para-hydroxylation sites is 1. The Morgan fingerprint density at radius 3 is 1.53 bits per heavy atom. The van der Waals surface area contributed by atoms with Crippen molar-refractivity contribution >= 4 is 74.7 Å². The van der Waals surface area contributed by atoms with Crippen LogP contribution in [-0.2, 0) is 38.1 Å². The zero-order valence-corrected chi connectivity index (χ0v) is 53.7. The van der Waals surface area contributed by atoms with Gasteiger partial charge < -0.3 is 42.6 Å². The Balaban J connectivity index is 0.819. The molecule has 5 aromatic carbocycles. The van der Waals surface area contributed by atoms with Crippen LogP contribution < -0.4 is 28.7 Å². The van der Waals surface area contributed by atoms with Crippen LogP contribution in [0.5, 0.6) is 28.7 Å². The average molecular weight is 1290 g/mol. The van der Waals surface area contributed by atoms with E-state index in [1.807, 2.05) is 29.3 Å². The molecule has 1 aromatic heterocycles. The highest BCUT2D eigenvalue weighted by atomic mass is 32.1. The predicted octanol–water partition coefficient (Wildman–Crippen LogP) is 14.9. The summed E-state index contributed by atoms with van der Waals surface area (Å²) in [5.74, 6) is -2.04. The summed E-state index contributed by atoms with van der Waals surface area (Å²) < 4.78 is 52.0. The van der Waals surface area contributed by atoms with E-state index >= 15 is 0 Å². The quantitative estimate of drug-likeness (QED) is 0.00677. The minimum atomic E-state index is -0.691. The van der Waals surface area contributed by atoms with Crippen LogP contribution in [0.15, 0.2) is 146 Å². The number of aromatic nitrogens is 1. The summed E-state index contributed by atoms with van der Waals surface area (Å²) in [6.07, 6.45) is 17.6. The van der Waals surface area contributed by atoms with E-state index in [-0.39, 0.29) is 40.6 Å². The summed E-state index contributed by atoms with van der Waals surface area (Å²) in [7, 11) is 0. The van der Waals surface area contributed by atoms with Crippen LogP contribution in [-0.4, -0.2) is 98.2 Å². The molecule has 0 N–H and O–H groups in total. The van der Waals surface area contributed by atoms with Crippen molar-refractivity contribution in [1.29, 1.82) is 0 Å². The topological polar surface area (TPSA) is 231 Å². The molecular formula is C73H83N3O16S. The molecule has 0 radical (unpaired) electrons. The normalized spacial score (nSPS) is 16.1. The number of esters is 7. The van der Waals surface area contributed by atoms with E-state index in [1.54, 1.807) is 66.9 Å². The van der Waals surface area contributed by atoms with Crippen molar-refractivity contribution in [3.05, 3.63) is 163 Å². The SMILES string of the molecule is C=CC(=O)OCCCCCCOc1ccc(OC(=O)C2CCC(OC(=O)c3ccc(OC(=O)c4ccc(OC(=O)C5CCC(OC(=O)c6ccc(OCCCCCCOC(=O)C=C)cc6)CC5)cc4)cc3/C=N/N(CCCCCC)c3nc4ccccc4s3)CC2)cc1. The highest BCUT2D eigenvalue weighted by molar-refractivity contribution is 7.22. The van der Waals surface area contributed by atoms with Gasteiger partial charge in [0, 0.05) is 24.3 Å². The first kappa shape index (κ1) is 69.7. The van der Waals surface area contributed by atoms with Gasteiger partial charge in [0.2, 0.25) is 5.13 Å². The number of hydrogen-bond donors (Lipinski definition) is 0. The number of carbonyl (C=O) groups is 7. The summed E-state index contributed by atoms with van der Waals surface area (Å²) in [5.41, 5.74) is 1.97. The van der Waals surface area contributed by atoms with Crippen LogP contribution in [0.3, 0.4) is 0 Å². The Bertz CT molecular complexity index is 3430. The molecule has 0 bridgehead atoms. The first-order valence-electron chi connectivity index (χ1n) is 32.4. The summed E-state index contributed by atoms with van der Waals surface area (Å²) in [6.45, 7) is 11.3. The largest absolute Gasteiger partial charge is 0.494 e. The van der Waals surface area contributed by atoms with Crippen molar-refractivity contribution in [1.82, 2.24) is 4.98 Å². The van der Waals surface area contributed by atoms with E-state index < -0.39 is 47.8 Å². The number of hydrogen-bond acceptors (Lipinski definition) is 20. The second-order valence-corrected chi connectivity index (χ2v) is 23.9. The maximum atomic E-state index is 14.2. The number of ether oxygens (including phenoxy) is 9. The molecule has 0 unspecified atom stereocenters. The lowest BCUT2D eigenvalue weighted by Gasteiger charge is -2.27. The molecule has 0 spiro atoms. The van der Waals surface area contributed by atoms with Crippen LogP contribution in [0, 0.1) is 11.8 Å². The fraction of sp³-hybridized carbons (Fsp3) is 0.411. The lowest BCUT2D eigenvalue weighted by atomic mass is 9.87. The van der Waals surface area contributed by atoms with Gasteiger partial charge >= 0.3 is 41.8 Å². The van der Waals surface area contributed by atoms with E-state index in [0.29, 0.717) is 118 Å². The maximum Gasteiger partial charge on any atom is 0.343 e. The van der Waals surface area contributed by atoms with Gasteiger partial charge in [-0.2, -0.15) is 5.10 Å². The summed E-state index contributed by atoms with van der Waals surface area (Å²) in [4.78, 5) is 94.8. The number of rotatable bonds is 36. The monoisotopic (exact) mass is 1290 g/mol. The number of unbranched alkanes of at least 4 members (excludes halogenated alkanes) is 9. The molecule has 2 aliphatic carbocycles. The van der Waals surface area contributed by atoms with Crippen LogP contribution >= 0.6 is 11.3 Å². The molecule has 492 valence electrons. The standard InChI is InChI=1S/C73H83N3O16S/c1-4-7-8-15-44-76(73-75-64-20-13-14-21-65(64)93-73)74-50-55-49-62(42-43-63(55)72(83)91-60-36-28-53(29-37-60)70(81)90-61-40-38-57(39-41-61)85-46-17-10-12-19-48-87-67(78)6-3)92-71(82)54-26-34-59(35-27-54)89-69(80)52-24-32-58(33-25-52)88-68(79)51-22-30-56(31-23-51)84-45-16-9-11-18-47-86-66(77)5-2/h5-6,13-14,20-23,26-27,30-31,34-35,38-43,49-50,52-53,58,60H,2-4,7-12,15-19,24-25,28-29,32-33,36-37,44-48H2,1H3/b74-50+. The molecule has 20 heteroatoms. The number of nitrogens with zero attached hydrogens (tertiary/aromatic N) is 3. The second-order valence-electron chi connectivity index (χ2n) is 22.9. The fourth-order valence-electron chi connectivity index (χ4n) is 10.6. The van der Waals surface area contributed by atoms with Gasteiger partial charge in [-0.25, -0.2) is 34.0 Å². The van der Waals surface area contributed by atoms with E-state index in [2.05, 4.69) is 20.1 Å². The summed E-state index contributed by atoms with van der Waals surface area (Å²) >= 11 is 1.51. The molecule has 2 aliphatic rings. The molecule has 1 heterocycles. The highest BCUT2D eigenvalue weighted by Crippen LogP contribution is 2.33. The number of hydrazone groups is 1.